The lowest BCUT2D eigenvalue weighted by atomic mass is 10.0. The molecule has 5 heteroatoms. The van der Waals surface area contributed by atoms with Crippen molar-refractivity contribution in [2.75, 3.05) is 5.32 Å². The van der Waals surface area contributed by atoms with Crippen molar-refractivity contribution in [2.24, 2.45) is 0 Å². The van der Waals surface area contributed by atoms with Crippen molar-refractivity contribution in [2.45, 2.75) is 26.7 Å². The third-order valence-corrected chi connectivity index (χ3v) is 4.39. The van der Waals surface area contributed by atoms with Gasteiger partial charge in [-0.15, -0.1) is 0 Å². The molecule has 0 radical (unpaired) electrons. The maximum absolute atomic E-state index is 12.3. The van der Waals surface area contributed by atoms with Crippen molar-refractivity contribution in [3.8, 4) is 0 Å². The highest BCUT2D eigenvalue weighted by atomic mass is 35.5. The number of hydrogen-bond acceptors (Lipinski definition) is 3. The molecule has 0 aliphatic heterocycles. The summed E-state index contributed by atoms with van der Waals surface area (Å²) in [6.07, 6.45) is 0.514. The van der Waals surface area contributed by atoms with Gasteiger partial charge >= 0.3 is 5.63 Å². The van der Waals surface area contributed by atoms with Crippen LogP contribution in [0, 0.1) is 13.8 Å². The lowest BCUT2D eigenvalue weighted by molar-refractivity contribution is -0.116. The summed E-state index contributed by atoms with van der Waals surface area (Å²) < 4.78 is 5.42. The molecule has 0 aliphatic carbocycles. The molecule has 25 heavy (non-hydrogen) atoms. The predicted octanol–water partition coefficient (Wildman–Crippen LogP) is 4.63. The Hall–Kier alpha value is -2.59. The first-order valence-electron chi connectivity index (χ1n) is 8.02. The minimum atomic E-state index is -0.383. The fourth-order valence-corrected chi connectivity index (χ4v) is 3.01. The Labute approximate surface area is 150 Å². The quantitative estimate of drug-likeness (QED) is 0.694. The smallest absolute Gasteiger partial charge is 0.339 e. The number of nitrogens with one attached hydrogen (secondary N) is 1. The minimum absolute atomic E-state index is 0.176. The van der Waals surface area contributed by atoms with E-state index in [9.17, 15) is 9.59 Å². The summed E-state index contributed by atoms with van der Waals surface area (Å²) in [5.41, 5.74) is 3.26. The van der Waals surface area contributed by atoms with Crippen LogP contribution < -0.4 is 10.9 Å². The monoisotopic (exact) mass is 355 g/mol. The summed E-state index contributed by atoms with van der Waals surface area (Å²) in [6, 6.07) is 12.7. The summed E-state index contributed by atoms with van der Waals surface area (Å²) in [5, 5.41) is 4.23. The molecule has 3 aromatic rings. The van der Waals surface area contributed by atoms with E-state index in [1.807, 2.05) is 32.0 Å². The number of fused-ring (bicyclic) bond motifs is 1. The highest BCUT2D eigenvalue weighted by Gasteiger charge is 2.13. The number of aryl methyl sites for hydroxylation is 2. The standard InChI is InChI=1S/C20H18ClNO3/c1-12-6-7-16-13(2)17(20(24)25-18(16)10-12)8-9-19(23)22-15-5-3-4-14(21)11-15/h3-7,10-11H,8-9H2,1-2H3,(H,22,23). The molecule has 0 saturated heterocycles. The van der Waals surface area contributed by atoms with E-state index in [1.165, 1.54) is 0 Å². The van der Waals surface area contributed by atoms with Gasteiger partial charge in [-0.2, -0.15) is 0 Å². The molecule has 1 amide bonds. The average Bonchev–Trinajstić information content (AvgIpc) is 2.54. The van der Waals surface area contributed by atoms with Crippen LogP contribution in [0.25, 0.3) is 11.0 Å². The van der Waals surface area contributed by atoms with Gasteiger partial charge in [0.2, 0.25) is 5.91 Å². The molecule has 128 valence electrons. The van der Waals surface area contributed by atoms with E-state index in [2.05, 4.69) is 5.32 Å². The number of amides is 1. The van der Waals surface area contributed by atoms with Crippen molar-refractivity contribution in [1.82, 2.24) is 0 Å². The molecular formula is C20H18ClNO3. The minimum Gasteiger partial charge on any atom is -0.423 e. The second kappa shape index (κ2) is 7.11. The van der Waals surface area contributed by atoms with Gasteiger partial charge in [-0.3, -0.25) is 4.79 Å². The van der Waals surface area contributed by atoms with Crippen LogP contribution in [0.2, 0.25) is 5.02 Å². The Morgan fingerprint density at radius 1 is 1.16 bits per heavy atom. The van der Waals surface area contributed by atoms with Gasteiger partial charge in [-0.1, -0.05) is 29.8 Å². The van der Waals surface area contributed by atoms with E-state index >= 15 is 0 Å². The molecule has 0 unspecified atom stereocenters. The zero-order valence-corrected chi connectivity index (χ0v) is 14.8. The Morgan fingerprint density at radius 2 is 1.96 bits per heavy atom. The third kappa shape index (κ3) is 3.91. The summed E-state index contributed by atoms with van der Waals surface area (Å²) in [7, 11) is 0. The van der Waals surface area contributed by atoms with Crippen LogP contribution >= 0.6 is 11.6 Å². The number of benzene rings is 2. The number of anilines is 1. The van der Waals surface area contributed by atoms with Crippen molar-refractivity contribution in [1.29, 1.82) is 0 Å². The number of carbonyl (C=O) groups excluding carboxylic acids is 1. The third-order valence-electron chi connectivity index (χ3n) is 4.15. The number of hydrogen-bond donors (Lipinski definition) is 1. The largest absolute Gasteiger partial charge is 0.423 e. The van der Waals surface area contributed by atoms with Crippen molar-refractivity contribution in [3.63, 3.8) is 0 Å². The van der Waals surface area contributed by atoms with Gasteiger partial charge in [0.05, 0.1) is 0 Å². The summed E-state index contributed by atoms with van der Waals surface area (Å²) in [5.74, 6) is -0.176. The maximum atomic E-state index is 12.3. The van der Waals surface area contributed by atoms with Crippen LogP contribution in [0.4, 0.5) is 5.69 Å². The zero-order valence-electron chi connectivity index (χ0n) is 14.1. The summed E-state index contributed by atoms with van der Waals surface area (Å²) in [4.78, 5) is 24.4. The Morgan fingerprint density at radius 3 is 2.72 bits per heavy atom. The molecule has 4 nitrogen and oxygen atoms in total. The van der Waals surface area contributed by atoms with E-state index in [-0.39, 0.29) is 18.0 Å². The first kappa shape index (κ1) is 17.2. The Balaban J connectivity index is 1.78. The molecule has 0 spiro atoms. The van der Waals surface area contributed by atoms with Gasteiger partial charge in [-0.25, -0.2) is 4.79 Å². The van der Waals surface area contributed by atoms with Crippen molar-refractivity contribution in [3.05, 3.63) is 74.6 Å². The van der Waals surface area contributed by atoms with Crippen LogP contribution in [0.3, 0.4) is 0 Å². The molecule has 0 fully saturated rings. The van der Waals surface area contributed by atoms with Gasteiger partial charge < -0.3 is 9.73 Å². The molecule has 2 aromatic carbocycles. The van der Waals surface area contributed by atoms with Gasteiger partial charge in [0.15, 0.2) is 0 Å². The molecule has 1 aromatic heterocycles. The number of rotatable bonds is 4. The van der Waals surface area contributed by atoms with Crippen LogP contribution in [0.15, 0.2) is 51.7 Å². The highest BCUT2D eigenvalue weighted by Crippen LogP contribution is 2.21. The predicted molar refractivity (Wildman–Crippen MR) is 100 cm³/mol. The van der Waals surface area contributed by atoms with E-state index in [1.54, 1.807) is 24.3 Å². The Kier molecular flexibility index (Phi) is 4.91. The van der Waals surface area contributed by atoms with Crippen LogP contribution in [-0.2, 0) is 11.2 Å². The summed E-state index contributed by atoms with van der Waals surface area (Å²) >= 11 is 5.90. The molecular weight excluding hydrogens is 338 g/mol. The maximum Gasteiger partial charge on any atom is 0.339 e. The van der Waals surface area contributed by atoms with Crippen LogP contribution in [0.1, 0.15) is 23.1 Å². The Bertz CT molecular complexity index is 1010. The van der Waals surface area contributed by atoms with Gasteiger partial charge in [0.1, 0.15) is 5.58 Å². The molecule has 1 heterocycles. The van der Waals surface area contributed by atoms with E-state index in [0.29, 0.717) is 28.3 Å². The first-order valence-corrected chi connectivity index (χ1v) is 8.40. The van der Waals surface area contributed by atoms with E-state index in [0.717, 1.165) is 16.5 Å². The lowest BCUT2D eigenvalue weighted by Crippen LogP contribution is -2.16. The molecule has 3 rings (SSSR count). The number of carbonyl (C=O) groups is 1. The van der Waals surface area contributed by atoms with Gasteiger partial charge in [0.25, 0.3) is 0 Å². The van der Waals surface area contributed by atoms with E-state index in [4.69, 9.17) is 16.0 Å². The zero-order chi connectivity index (χ0) is 18.0. The first-order chi connectivity index (χ1) is 11.9. The van der Waals surface area contributed by atoms with Gasteiger partial charge in [-0.05, 0) is 55.7 Å². The van der Waals surface area contributed by atoms with Crippen LogP contribution in [-0.4, -0.2) is 5.91 Å². The molecule has 0 aliphatic rings. The topological polar surface area (TPSA) is 59.3 Å². The fourth-order valence-electron chi connectivity index (χ4n) is 2.82. The SMILES string of the molecule is Cc1ccc2c(C)c(CCC(=O)Nc3cccc(Cl)c3)c(=O)oc2c1. The van der Waals surface area contributed by atoms with Crippen molar-refractivity contribution >= 4 is 34.2 Å². The number of halogens is 1. The van der Waals surface area contributed by atoms with Gasteiger partial charge in [0, 0.05) is 28.1 Å². The fraction of sp³-hybridized carbons (Fsp3) is 0.200. The van der Waals surface area contributed by atoms with Crippen LogP contribution in [0.5, 0.6) is 0 Å². The average molecular weight is 356 g/mol. The van der Waals surface area contributed by atoms with E-state index < -0.39 is 0 Å². The summed E-state index contributed by atoms with van der Waals surface area (Å²) in [6.45, 7) is 3.83. The molecule has 0 saturated carbocycles. The second-order valence-electron chi connectivity index (χ2n) is 6.05. The molecule has 0 atom stereocenters. The molecule has 0 bridgehead atoms. The second-order valence-corrected chi connectivity index (χ2v) is 6.49. The van der Waals surface area contributed by atoms with Crippen molar-refractivity contribution < 1.29 is 9.21 Å². The lowest BCUT2D eigenvalue weighted by Gasteiger charge is -2.09. The molecule has 1 N–H and O–H groups in total. The normalized spacial score (nSPS) is 10.8. The highest BCUT2D eigenvalue weighted by molar-refractivity contribution is 6.30.